The fourth-order valence-corrected chi connectivity index (χ4v) is 4.16. The lowest BCUT2D eigenvalue weighted by Crippen LogP contribution is -2.59. The number of anilines is 1. The number of nitrogens with two attached hydrogens (primary N) is 1. The number of carboxylic acid groups (broad SMARTS) is 1. The minimum Gasteiger partial charge on any atom is -0.485 e. The van der Waals surface area contributed by atoms with Crippen LogP contribution in [0, 0.1) is 5.92 Å². The molecule has 0 aromatic heterocycles. The van der Waals surface area contributed by atoms with E-state index >= 15 is 0 Å². The molecule has 0 bridgehead atoms. The maximum atomic E-state index is 12.6. The van der Waals surface area contributed by atoms with E-state index < -0.39 is 48.3 Å². The van der Waals surface area contributed by atoms with Crippen molar-refractivity contribution in [1.82, 2.24) is 0 Å². The normalized spacial score (nSPS) is 23.4. The highest BCUT2D eigenvalue weighted by Crippen LogP contribution is 2.36. The van der Waals surface area contributed by atoms with Gasteiger partial charge in [-0.1, -0.05) is 27.7 Å². The van der Waals surface area contributed by atoms with Crippen LogP contribution in [0.25, 0.3) is 0 Å². The molecule has 0 saturated heterocycles. The van der Waals surface area contributed by atoms with Crippen LogP contribution in [0.3, 0.4) is 0 Å². The van der Waals surface area contributed by atoms with Gasteiger partial charge in [-0.15, -0.1) is 0 Å². The number of aromatic carboxylic acids is 1. The van der Waals surface area contributed by atoms with Crippen LogP contribution in [0.5, 0.6) is 5.75 Å². The highest BCUT2D eigenvalue weighted by molar-refractivity contribution is 5.92. The molecular weight excluding hydrogens is 470 g/mol. The molecule has 0 amide bonds. The van der Waals surface area contributed by atoms with Crippen LogP contribution in [-0.2, 0) is 28.6 Å². The molecule has 1 saturated carbocycles. The zero-order chi connectivity index (χ0) is 26.8. The second kappa shape index (κ2) is 13.7. The van der Waals surface area contributed by atoms with Crippen molar-refractivity contribution in [2.45, 2.75) is 97.1 Å². The molecular formula is C26H37NO9. The summed E-state index contributed by atoms with van der Waals surface area (Å²) < 4.78 is 23.3. The van der Waals surface area contributed by atoms with Crippen molar-refractivity contribution in [2.24, 2.45) is 5.92 Å². The first-order valence-corrected chi connectivity index (χ1v) is 12.5. The van der Waals surface area contributed by atoms with Crippen molar-refractivity contribution in [2.75, 3.05) is 5.73 Å². The Hall–Kier alpha value is -3.30. The Balaban J connectivity index is 2.49. The summed E-state index contributed by atoms with van der Waals surface area (Å²) in [6.07, 6.45) is -1.65. The minimum atomic E-state index is -1.24. The number of esters is 3. The number of hydrogen-bond donors (Lipinski definition) is 2. The molecule has 10 nitrogen and oxygen atoms in total. The van der Waals surface area contributed by atoms with E-state index in [1.165, 1.54) is 18.2 Å². The fraction of sp³-hybridized carbons (Fsp3) is 0.615. The molecule has 1 fully saturated rings. The van der Waals surface area contributed by atoms with Crippen LogP contribution in [-0.4, -0.2) is 53.4 Å². The zero-order valence-corrected chi connectivity index (χ0v) is 21.4. The lowest BCUT2D eigenvalue weighted by atomic mass is 9.81. The second-order valence-electron chi connectivity index (χ2n) is 9.04. The number of rotatable bonds is 12. The first-order chi connectivity index (χ1) is 17.1. The molecule has 1 unspecified atom stereocenters. The number of ether oxygens (including phenoxy) is 4. The zero-order valence-electron chi connectivity index (χ0n) is 21.4. The first kappa shape index (κ1) is 28.9. The van der Waals surface area contributed by atoms with Crippen molar-refractivity contribution < 1.29 is 43.2 Å². The summed E-state index contributed by atoms with van der Waals surface area (Å²) in [5.41, 5.74) is 5.84. The molecule has 36 heavy (non-hydrogen) atoms. The molecule has 1 aromatic rings. The highest BCUT2D eigenvalue weighted by Gasteiger charge is 2.51. The van der Waals surface area contributed by atoms with E-state index in [9.17, 15) is 24.3 Å². The summed E-state index contributed by atoms with van der Waals surface area (Å²) in [5.74, 6) is -3.06. The minimum absolute atomic E-state index is 0.0329. The summed E-state index contributed by atoms with van der Waals surface area (Å²) >= 11 is 0. The summed E-state index contributed by atoms with van der Waals surface area (Å²) in [6.45, 7) is 7.30. The number of carbonyl (C=O) groups excluding carboxylic acids is 3. The number of carbonyl (C=O) groups is 4. The molecule has 0 spiro atoms. The Bertz CT molecular complexity index is 932. The molecule has 1 aromatic carbocycles. The van der Waals surface area contributed by atoms with Gasteiger partial charge < -0.3 is 29.8 Å². The van der Waals surface area contributed by atoms with Crippen LogP contribution in [0.1, 0.15) is 83.0 Å². The SMILES string of the molecule is CCCC(=O)O[C@@H]1[C@H](OC(=O)CCC)[C@H](C)CC(Oc2ccc(N)cc2C(=O)O)[C@H]1OC(=O)CCC. The van der Waals surface area contributed by atoms with Gasteiger partial charge in [0, 0.05) is 30.9 Å². The van der Waals surface area contributed by atoms with Crippen LogP contribution >= 0.6 is 0 Å². The second-order valence-corrected chi connectivity index (χ2v) is 9.04. The molecule has 0 aliphatic heterocycles. The predicted octanol–water partition coefficient (Wildman–Crippen LogP) is 3.89. The molecule has 2 rings (SSSR count). The Morgan fingerprint density at radius 3 is 1.86 bits per heavy atom. The predicted molar refractivity (Wildman–Crippen MR) is 130 cm³/mol. The Kier molecular flexibility index (Phi) is 11.0. The van der Waals surface area contributed by atoms with Crippen molar-refractivity contribution in [3.05, 3.63) is 23.8 Å². The molecule has 1 aliphatic rings. The average Bonchev–Trinajstić information content (AvgIpc) is 2.80. The van der Waals surface area contributed by atoms with Gasteiger partial charge in [-0.3, -0.25) is 14.4 Å². The monoisotopic (exact) mass is 507 g/mol. The van der Waals surface area contributed by atoms with Gasteiger partial charge in [-0.05, 0) is 43.9 Å². The highest BCUT2D eigenvalue weighted by atomic mass is 16.6. The molecule has 3 N–H and O–H groups in total. The Labute approximate surface area is 211 Å². The average molecular weight is 508 g/mol. The maximum absolute atomic E-state index is 12.6. The van der Waals surface area contributed by atoms with Crippen LogP contribution in [0.2, 0.25) is 0 Å². The van der Waals surface area contributed by atoms with E-state index in [0.29, 0.717) is 19.3 Å². The third-order valence-corrected chi connectivity index (χ3v) is 5.86. The van der Waals surface area contributed by atoms with Crippen molar-refractivity contribution >= 4 is 29.6 Å². The summed E-state index contributed by atoms with van der Waals surface area (Å²) in [4.78, 5) is 49.3. The number of carboxylic acids is 1. The van der Waals surface area contributed by atoms with Gasteiger partial charge in [0.2, 0.25) is 0 Å². The summed E-state index contributed by atoms with van der Waals surface area (Å²) in [6, 6.07) is 4.20. The molecule has 200 valence electrons. The smallest absolute Gasteiger partial charge is 0.339 e. The van der Waals surface area contributed by atoms with E-state index in [0.717, 1.165) is 0 Å². The van der Waals surface area contributed by atoms with Crippen LogP contribution in [0.15, 0.2) is 18.2 Å². The third kappa shape index (κ3) is 7.86. The van der Waals surface area contributed by atoms with Gasteiger partial charge in [-0.25, -0.2) is 4.79 Å². The number of hydrogen-bond acceptors (Lipinski definition) is 9. The van der Waals surface area contributed by atoms with E-state index in [-0.39, 0.29) is 48.6 Å². The molecule has 0 radical (unpaired) electrons. The first-order valence-electron chi connectivity index (χ1n) is 12.5. The molecule has 5 atom stereocenters. The maximum Gasteiger partial charge on any atom is 0.339 e. The van der Waals surface area contributed by atoms with Gasteiger partial charge in [0.05, 0.1) is 0 Å². The van der Waals surface area contributed by atoms with E-state index in [4.69, 9.17) is 24.7 Å². The Morgan fingerprint density at radius 1 is 0.861 bits per heavy atom. The van der Waals surface area contributed by atoms with Gasteiger partial charge in [0.25, 0.3) is 0 Å². The topological polar surface area (TPSA) is 151 Å². The molecule has 10 heteroatoms. The van der Waals surface area contributed by atoms with Gasteiger partial charge in [-0.2, -0.15) is 0 Å². The quantitative estimate of drug-likeness (QED) is 0.242. The van der Waals surface area contributed by atoms with Crippen molar-refractivity contribution in [3.63, 3.8) is 0 Å². The van der Waals surface area contributed by atoms with Crippen LogP contribution in [0.4, 0.5) is 5.69 Å². The number of nitrogen functional groups attached to an aromatic ring is 1. The summed E-state index contributed by atoms with van der Waals surface area (Å²) in [5, 5.41) is 9.63. The molecule has 1 aliphatic carbocycles. The fourth-order valence-electron chi connectivity index (χ4n) is 4.16. The third-order valence-electron chi connectivity index (χ3n) is 5.86. The van der Waals surface area contributed by atoms with Crippen molar-refractivity contribution in [3.8, 4) is 5.75 Å². The largest absolute Gasteiger partial charge is 0.485 e. The molecule has 0 heterocycles. The van der Waals surface area contributed by atoms with Crippen molar-refractivity contribution in [1.29, 1.82) is 0 Å². The number of benzene rings is 1. The summed E-state index contributed by atoms with van der Waals surface area (Å²) in [7, 11) is 0. The van der Waals surface area contributed by atoms with Gasteiger partial charge in [0.15, 0.2) is 12.2 Å². The lowest BCUT2D eigenvalue weighted by Gasteiger charge is -2.44. The van der Waals surface area contributed by atoms with Gasteiger partial charge in [0.1, 0.15) is 23.5 Å². The Morgan fingerprint density at radius 2 is 1.36 bits per heavy atom. The lowest BCUT2D eigenvalue weighted by molar-refractivity contribution is -0.211. The van der Waals surface area contributed by atoms with Crippen LogP contribution < -0.4 is 10.5 Å². The standard InChI is InChI=1S/C26H37NO9/c1-5-8-20(28)34-23-15(4)13-19(33-18-12-11-16(27)14-17(18)26(31)32)24(35-21(29)9-6-2)25(23)36-22(30)10-7-3/h11-12,14-15,19,23-25H,5-10,13,27H2,1-4H3,(H,31,32)/t15-,19?,23-,24-,25-/m1/s1. The van der Waals surface area contributed by atoms with Gasteiger partial charge >= 0.3 is 23.9 Å². The van der Waals surface area contributed by atoms with E-state index in [1.54, 1.807) is 0 Å². The van der Waals surface area contributed by atoms with E-state index in [1.807, 2.05) is 27.7 Å². The van der Waals surface area contributed by atoms with E-state index in [2.05, 4.69) is 0 Å².